The minimum atomic E-state index is -0.160. The number of hydrogen-bond acceptors (Lipinski definition) is 2. The Balaban J connectivity index is 1.73. The molecule has 3 aromatic rings. The molecule has 0 bridgehead atoms. The molecule has 1 N–H and O–H groups in total. The average molecular weight is 375 g/mol. The molecule has 0 spiro atoms. The van der Waals surface area contributed by atoms with Crippen LogP contribution < -0.4 is 15.8 Å². The number of hydrogen-bond donors (Lipinski definition) is 1. The summed E-state index contributed by atoms with van der Waals surface area (Å²) >= 11 is 0. The Labute approximate surface area is 164 Å². The molecule has 1 aromatic heterocycles. The topological polar surface area (TPSA) is 54.3 Å². The van der Waals surface area contributed by atoms with E-state index in [1.165, 1.54) is 5.56 Å². The Morgan fingerprint density at radius 2 is 1.79 bits per heavy atom. The number of amides is 2. The van der Waals surface area contributed by atoms with E-state index in [0.29, 0.717) is 30.1 Å². The van der Waals surface area contributed by atoms with E-state index in [-0.39, 0.29) is 11.6 Å². The third kappa shape index (κ3) is 3.40. The summed E-state index contributed by atoms with van der Waals surface area (Å²) in [4.78, 5) is 27.7. The first-order chi connectivity index (χ1) is 13.5. The first kappa shape index (κ1) is 18.3. The molecule has 5 heteroatoms. The van der Waals surface area contributed by atoms with Crippen LogP contribution in [-0.2, 0) is 13.0 Å². The normalized spacial score (nSPS) is 13.6. The number of carbonyl (C=O) groups excluding carboxylic acids is 1. The number of nitrogens with zero attached hydrogens (tertiary/aromatic N) is 2. The van der Waals surface area contributed by atoms with Crippen molar-refractivity contribution in [3.63, 3.8) is 0 Å². The van der Waals surface area contributed by atoms with Crippen molar-refractivity contribution in [2.24, 2.45) is 5.92 Å². The first-order valence-electron chi connectivity index (χ1n) is 9.83. The lowest BCUT2D eigenvalue weighted by Gasteiger charge is -2.29. The lowest BCUT2D eigenvalue weighted by Crippen LogP contribution is -2.39. The van der Waals surface area contributed by atoms with E-state index in [0.717, 1.165) is 23.9 Å². The maximum atomic E-state index is 13.1. The van der Waals surface area contributed by atoms with Crippen LogP contribution in [0.15, 0.2) is 59.5 Å². The van der Waals surface area contributed by atoms with Gasteiger partial charge in [-0.25, -0.2) is 4.79 Å². The Bertz CT molecular complexity index is 1080. The van der Waals surface area contributed by atoms with Crippen molar-refractivity contribution >= 4 is 28.2 Å². The average Bonchev–Trinajstić information content (AvgIpc) is 2.70. The Kier molecular flexibility index (Phi) is 4.90. The van der Waals surface area contributed by atoms with Gasteiger partial charge in [0.25, 0.3) is 5.56 Å². The van der Waals surface area contributed by atoms with Crippen LogP contribution in [0.2, 0.25) is 0 Å². The molecule has 5 nitrogen and oxygen atoms in total. The Morgan fingerprint density at radius 3 is 2.57 bits per heavy atom. The molecule has 2 aromatic carbocycles. The summed E-state index contributed by atoms with van der Waals surface area (Å²) in [6.07, 6.45) is 3.71. The maximum absolute atomic E-state index is 13.1. The van der Waals surface area contributed by atoms with E-state index < -0.39 is 0 Å². The van der Waals surface area contributed by atoms with E-state index >= 15 is 0 Å². The van der Waals surface area contributed by atoms with Crippen LogP contribution in [0, 0.1) is 5.92 Å². The fourth-order valence-corrected chi connectivity index (χ4v) is 3.90. The highest BCUT2D eigenvalue weighted by Crippen LogP contribution is 2.28. The second-order valence-electron chi connectivity index (χ2n) is 7.75. The minimum Gasteiger partial charge on any atom is -0.313 e. The minimum absolute atomic E-state index is 0.0226. The quantitative estimate of drug-likeness (QED) is 0.725. The van der Waals surface area contributed by atoms with Gasteiger partial charge in [0.2, 0.25) is 0 Å². The number of pyridine rings is 1. The highest BCUT2D eigenvalue weighted by molar-refractivity contribution is 6.07. The monoisotopic (exact) mass is 375 g/mol. The van der Waals surface area contributed by atoms with Crippen LogP contribution in [0.5, 0.6) is 0 Å². The molecule has 0 radical (unpaired) electrons. The van der Waals surface area contributed by atoms with Crippen molar-refractivity contribution < 1.29 is 4.79 Å². The standard InChI is InChI=1S/C23H25N3O2/c1-16(2)14-25-15-20(18-10-4-5-11-19(18)22(25)27)24-23(28)26-13-7-9-17-8-3-6-12-21(17)26/h3-6,8,10-12,15-16H,7,9,13-14H2,1-2H3,(H,24,28). The number of benzene rings is 2. The number of aryl methyl sites for hydroxylation is 1. The summed E-state index contributed by atoms with van der Waals surface area (Å²) in [5.41, 5.74) is 2.80. The van der Waals surface area contributed by atoms with Gasteiger partial charge in [-0.05, 0) is 36.5 Å². The van der Waals surface area contributed by atoms with Gasteiger partial charge in [-0.3, -0.25) is 9.69 Å². The molecule has 144 valence electrons. The largest absolute Gasteiger partial charge is 0.326 e. The number of aromatic nitrogens is 1. The molecule has 2 heterocycles. The number of nitrogens with one attached hydrogen (secondary N) is 1. The van der Waals surface area contributed by atoms with Gasteiger partial charge < -0.3 is 9.88 Å². The van der Waals surface area contributed by atoms with Crippen molar-refractivity contribution in [1.29, 1.82) is 0 Å². The molecular formula is C23H25N3O2. The molecule has 1 aliphatic heterocycles. The van der Waals surface area contributed by atoms with Gasteiger partial charge in [0.1, 0.15) is 0 Å². The van der Waals surface area contributed by atoms with Crippen molar-refractivity contribution in [3.8, 4) is 0 Å². The van der Waals surface area contributed by atoms with Crippen LogP contribution in [0.25, 0.3) is 10.8 Å². The molecular weight excluding hydrogens is 350 g/mol. The zero-order valence-electron chi connectivity index (χ0n) is 16.3. The number of anilines is 2. The summed E-state index contributed by atoms with van der Waals surface area (Å²) in [6, 6.07) is 15.3. The van der Waals surface area contributed by atoms with Crippen molar-refractivity contribution in [3.05, 3.63) is 70.6 Å². The second kappa shape index (κ2) is 7.50. The van der Waals surface area contributed by atoms with Gasteiger partial charge in [0, 0.05) is 35.7 Å². The predicted octanol–water partition coefficient (Wildman–Crippen LogP) is 4.64. The van der Waals surface area contributed by atoms with Crippen LogP contribution >= 0.6 is 0 Å². The first-order valence-corrected chi connectivity index (χ1v) is 9.83. The fourth-order valence-electron chi connectivity index (χ4n) is 3.90. The van der Waals surface area contributed by atoms with Crippen LogP contribution in [0.1, 0.15) is 25.8 Å². The molecule has 2 amide bonds. The van der Waals surface area contributed by atoms with Gasteiger partial charge in [0.15, 0.2) is 0 Å². The molecule has 0 saturated carbocycles. The van der Waals surface area contributed by atoms with Gasteiger partial charge in [-0.1, -0.05) is 50.2 Å². The molecule has 0 saturated heterocycles. The van der Waals surface area contributed by atoms with Crippen LogP contribution in [0.3, 0.4) is 0 Å². The van der Waals surface area contributed by atoms with Gasteiger partial charge in [-0.15, -0.1) is 0 Å². The number of carbonyl (C=O) groups is 1. The Hall–Kier alpha value is -3.08. The maximum Gasteiger partial charge on any atom is 0.326 e. The zero-order chi connectivity index (χ0) is 19.7. The smallest absolute Gasteiger partial charge is 0.313 e. The summed E-state index contributed by atoms with van der Waals surface area (Å²) < 4.78 is 1.70. The number of urea groups is 1. The van der Waals surface area contributed by atoms with E-state index in [4.69, 9.17) is 0 Å². The summed E-state index contributed by atoms with van der Waals surface area (Å²) in [7, 11) is 0. The highest BCUT2D eigenvalue weighted by Gasteiger charge is 2.23. The lowest BCUT2D eigenvalue weighted by atomic mass is 10.0. The second-order valence-corrected chi connectivity index (χ2v) is 7.75. The Morgan fingerprint density at radius 1 is 1.07 bits per heavy atom. The van der Waals surface area contributed by atoms with Crippen LogP contribution in [-0.4, -0.2) is 17.1 Å². The molecule has 0 aliphatic carbocycles. The molecule has 28 heavy (non-hydrogen) atoms. The number of para-hydroxylation sites is 1. The molecule has 4 rings (SSSR count). The van der Waals surface area contributed by atoms with E-state index in [1.54, 1.807) is 15.7 Å². The third-order valence-corrected chi connectivity index (χ3v) is 5.15. The van der Waals surface area contributed by atoms with Crippen molar-refractivity contribution in [2.45, 2.75) is 33.2 Å². The SMILES string of the molecule is CC(C)Cn1cc(NC(=O)N2CCCc3ccccc32)c2ccccc2c1=O. The van der Waals surface area contributed by atoms with Crippen molar-refractivity contribution in [2.75, 3.05) is 16.8 Å². The van der Waals surface area contributed by atoms with E-state index in [1.807, 2.05) is 42.5 Å². The van der Waals surface area contributed by atoms with E-state index in [9.17, 15) is 9.59 Å². The highest BCUT2D eigenvalue weighted by atomic mass is 16.2. The fraction of sp³-hybridized carbons (Fsp3) is 0.304. The molecule has 0 unspecified atom stereocenters. The summed E-state index contributed by atoms with van der Waals surface area (Å²) in [5.74, 6) is 0.330. The predicted molar refractivity (Wildman–Crippen MR) is 114 cm³/mol. The molecule has 1 aliphatic rings. The summed E-state index contributed by atoms with van der Waals surface area (Å²) in [5, 5.41) is 4.46. The number of rotatable bonds is 3. The molecule has 0 fully saturated rings. The van der Waals surface area contributed by atoms with Gasteiger partial charge in [-0.2, -0.15) is 0 Å². The lowest BCUT2D eigenvalue weighted by molar-refractivity contribution is 0.256. The number of fused-ring (bicyclic) bond motifs is 2. The van der Waals surface area contributed by atoms with Gasteiger partial charge in [0.05, 0.1) is 5.69 Å². The van der Waals surface area contributed by atoms with Crippen molar-refractivity contribution in [1.82, 2.24) is 4.57 Å². The molecule has 0 atom stereocenters. The zero-order valence-corrected chi connectivity index (χ0v) is 16.3. The third-order valence-electron chi connectivity index (χ3n) is 5.15. The van der Waals surface area contributed by atoms with E-state index in [2.05, 4.69) is 25.2 Å². The summed E-state index contributed by atoms with van der Waals surface area (Å²) in [6.45, 7) is 5.45. The van der Waals surface area contributed by atoms with Crippen LogP contribution in [0.4, 0.5) is 16.2 Å². The van der Waals surface area contributed by atoms with Gasteiger partial charge >= 0.3 is 6.03 Å².